The number of alkyl halides is 2. The highest BCUT2D eigenvalue weighted by atomic mass is 19.3. The molecular formula is C11H17F2N3O. The summed E-state index contributed by atoms with van der Waals surface area (Å²) in [6, 6.07) is 1.81. The van der Waals surface area contributed by atoms with Gasteiger partial charge in [0.2, 0.25) is 0 Å². The Bertz CT molecular complexity index is 336. The molecule has 3 N–H and O–H groups in total. The molecule has 96 valence electrons. The topological polar surface area (TPSA) is 60.2 Å². The van der Waals surface area contributed by atoms with E-state index in [4.69, 9.17) is 10.6 Å². The van der Waals surface area contributed by atoms with Crippen LogP contribution in [-0.4, -0.2) is 24.6 Å². The number of pyridine rings is 1. The minimum Gasteiger partial charge on any atom is -0.375 e. The van der Waals surface area contributed by atoms with E-state index in [1.165, 1.54) is 0 Å². The lowest BCUT2D eigenvalue weighted by Gasteiger charge is -2.16. The second-order valence-corrected chi connectivity index (χ2v) is 3.77. The number of nitrogens with two attached hydrogens (primary N) is 1. The number of rotatable bonds is 7. The molecule has 1 aromatic heterocycles. The average Bonchev–Trinajstić information content (AvgIpc) is 2.29. The molecule has 4 nitrogen and oxygen atoms in total. The van der Waals surface area contributed by atoms with Gasteiger partial charge in [-0.25, -0.2) is 8.78 Å². The van der Waals surface area contributed by atoms with Crippen molar-refractivity contribution in [1.29, 1.82) is 0 Å². The number of aryl methyl sites for hydroxylation is 1. The normalized spacial score (nSPS) is 13.0. The Morgan fingerprint density at radius 3 is 2.82 bits per heavy atom. The highest BCUT2D eigenvalue weighted by Crippen LogP contribution is 2.15. The fraction of sp³-hybridized carbons (Fsp3) is 0.545. The van der Waals surface area contributed by atoms with Gasteiger partial charge < -0.3 is 4.74 Å². The Balaban J connectivity index is 2.43. The molecule has 0 saturated heterocycles. The van der Waals surface area contributed by atoms with Gasteiger partial charge in [0, 0.05) is 25.0 Å². The monoisotopic (exact) mass is 245 g/mol. The lowest BCUT2D eigenvalue weighted by Crippen LogP contribution is -2.29. The van der Waals surface area contributed by atoms with Gasteiger partial charge in [-0.1, -0.05) is 6.07 Å². The van der Waals surface area contributed by atoms with E-state index in [1.54, 1.807) is 12.4 Å². The number of hydrogen-bond donors (Lipinski definition) is 2. The first-order chi connectivity index (χ1) is 8.13. The van der Waals surface area contributed by atoms with Gasteiger partial charge in [0.25, 0.3) is 6.43 Å². The Kier molecular flexibility index (Phi) is 5.96. The van der Waals surface area contributed by atoms with Crippen molar-refractivity contribution in [3.05, 3.63) is 29.6 Å². The third-order valence-corrected chi connectivity index (χ3v) is 2.29. The van der Waals surface area contributed by atoms with Crippen molar-refractivity contribution >= 4 is 0 Å². The lowest BCUT2D eigenvalue weighted by atomic mass is 10.1. The third-order valence-electron chi connectivity index (χ3n) is 2.29. The molecule has 1 atom stereocenters. The van der Waals surface area contributed by atoms with Crippen molar-refractivity contribution in [3.8, 4) is 0 Å². The van der Waals surface area contributed by atoms with Gasteiger partial charge in [-0.3, -0.25) is 16.3 Å². The van der Waals surface area contributed by atoms with E-state index in [0.29, 0.717) is 6.42 Å². The van der Waals surface area contributed by atoms with Crippen LogP contribution >= 0.6 is 0 Å². The molecule has 1 heterocycles. The Labute approximate surface area is 99.1 Å². The Hall–Kier alpha value is -1.11. The molecular weight excluding hydrogens is 228 g/mol. The molecule has 0 saturated carbocycles. The quantitative estimate of drug-likeness (QED) is 0.435. The van der Waals surface area contributed by atoms with Crippen molar-refractivity contribution in [3.63, 3.8) is 0 Å². The van der Waals surface area contributed by atoms with Gasteiger partial charge in [-0.15, -0.1) is 0 Å². The molecule has 1 aromatic rings. The van der Waals surface area contributed by atoms with Gasteiger partial charge >= 0.3 is 0 Å². The molecule has 0 aliphatic carbocycles. The summed E-state index contributed by atoms with van der Waals surface area (Å²) in [5, 5.41) is 0. The van der Waals surface area contributed by atoms with Crippen molar-refractivity contribution in [2.24, 2.45) is 5.84 Å². The number of halogens is 2. The average molecular weight is 245 g/mol. The number of nitrogens with zero attached hydrogens (tertiary/aromatic N) is 1. The second-order valence-electron chi connectivity index (χ2n) is 3.77. The summed E-state index contributed by atoms with van der Waals surface area (Å²) in [6.07, 6.45) is 1.53. The second kappa shape index (κ2) is 7.26. The van der Waals surface area contributed by atoms with Crippen molar-refractivity contribution in [2.75, 3.05) is 13.2 Å². The Morgan fingerprint density at radius 1 is 1.47 bits per heavy atom. The van der Waals surface area contributed by atoms with E-state index in [9.17, 15) is 8.78 Å². The summed E-state index contributed by atoms with van der Waals surface area (Å²) in [6.45, 7) is 1.62. The van der Waals surface area contributed by atoms with Crippen LogP contribution < -0.4 is 11.3 Å². The molecule has 0 radical (unpaired) electrons. The summed E-state index contributed by atoms with van der Waals surface area (Å²) in [5.74, 6) is 5.42. The minimum atomic E-state index is -2.43. The number of ether oxygens (including phenoxy) is 1. The molecule has 0 aliphatic heterocycles. The molecule has 1 rings (SSSR count). The summed E-state index contributed by atoms with van der Waals surface area (Å²) >= 11 is 0. The first-order valence-corrected chi connectivity index (χ1v) is 5.37. The van der Waals surface area contributed by atoms with Crippen LogP contribution in [0.1, 0.15) is 23.6 Å². The SMILES string of the molecule is Cc1cncc(C(CCOCC(F)F)NN)c1. The number of aromatic nitrogens is 1. The predicted molar refractivity (Wildman–Crippen MR) is 60.5 cm³/mol. The molecule has 0 amide bonds. The van der Waals surface area contributed by atoms with Crippen LogP contribution in [0.5, 0.6) is 0 Å². The maximum absolute atomic E-state index is 11.8. The van der Waals surface area contributed by atoms with E-state index in [2.05, 4.69) is 10.4 Å². The molecule has 6 heteroatoms. The first-order valence-electron chi connectivity index (χ1n) is 5.37. The molecule has 0 aliphatic rings. The molecule has 0 bridgehead atoms. The zero-order chi connectivity index (χ0) is 12.7. The van der Waals surface area contributed by atoms with Crippen molar-refractivity contribution in [2.45, 2.75) is 25.8 Å². The number of hydrazine groups is 1. The summed E-state index contributed by atoms with van der Waals surface area (Å²) in [7, 11) is 0. The standard InChI is InChI=1S/C11H17F2N3O/c1-8-4-9(6-15-5-8)10(16-14)2-3-17-7-11(12)13/h4-6,10-11,16H,2-3,7,14H2,1H3. The predicted octanol–water partition coefficient (Wildman–Crippen LogP) is 1.57. The van der Waals surface area contributed by atoms with Gasteiger partial charge in [0.15, 0.2) is 0 Å². The first kappa shape index (κ1) is 14.0. The third kappa shape index (κ3) is 5.16. The van der Waals surface area contributed by atoms with E-state index in [-0.39, 0.29) is 12.6 Å². The van der Waals surface area contributed by atoms with E-state index in [1.807, 2.05) is 13.0 Å². The fourth-order valence-electron chi connectivity index (χ4n) is 1.49. The van der Waals surface area contributed by atoms with Crippen molar-refractivity contribution < 1.29 is 13.5 Å². The van der Waals surface area contributed by atoms with E-state index >= 15 is 0 Å². The Morgan fingerprint density at radius 2 is 2.24 bits per heavy atom. The summed E-state index contributed by atoms with van der Waals surface area (Å²) < 4.78 is 28.5. The van der Waals surface area contributed by atoms with Gasteiger partial charge in [0.05, 0.1) is 0 Å². The van der Waals surface area contributed by atoms with Crippen LogP contribution in [0.15, 0.2) is 18.5 Å². The summed E-state index contributed by atoms with van der Waals surface area (Å²) in [5.41, 5.74) is 4.57. The summed E-state index contributed by atoms with van der Waals surface area (Å²) in [4.78, 5) is 4.05. The van der Waals surface area contributed by atoms with Gasteiger partial charge in [-0.05, 0) is 24.5 Å². The maximum atomic E-state index is 11.8. The number of hydrogen-bond acceptors (Lipinski definition) is 4. The van der Waals surface area contributed by atoms with Crippen molar-refractivity contribution in [1.82, 2.24) is 10.4 Å². The fourth-order valence-corrected chi connectivity index (χ4v) is 1.49. The zero-order valence-electron chi connectivity index (χ0n) is 9.70. The van der Waals surface area contributed by atoms with Crippen LogP contribution in [0.4, 0.5) is 8.78 Å². The molecule has 1 unspecified atom stereocenters. The van der Waals surface area contributed by atoms with Gasteiger partial charge in [0.1, 0.15) is 6.61 Å². The smallest absolute Gasteiger partial charge is 0.261 e. The lowest BCUT2D eigenvalue weighted by molar-refractivity contribution is 0.0143. The largest absolute Gasteiger partial charge is 0.375 e. The molecule has 0 spiro atoms. The van der Waals surface area contributed by atoms with Crippen LogP contribution in [0.2, 0.25) is 0 Å². The minimum absolute atomic E-state index is 0.139. The van der Waals surface area contributed by atoms with Crippen LogP contribution in [0, 0.1) is 6.92 Å². The maximum Gasteiger partial charge on any atom is 0.261 e. The zero-order valence-corrected chi connectivity index (χ0v) is 9.70. The van der Waals surface area contributed by atoms with Crippen LogP contribution in [-0.2, 0) is 4.74 Å². The molecule has 17 heavy (non-hydrogen) atoms. The highest BCUT2D eigenvalue weighted by molar-refractivity contribution is 5.19. The van der Waals surface area contributed by atoms with Crippen LogP contribution in [0.3, 0.4) is 0 Å². The highest BCUT2D eigenvalue weighted by Gasteiger charge is 2.10. The molecule has 0 fully saturated rings. The van der Waals surface area contributed by atoms with Crippen LogP contribution in [0.25, 0.3) is 0 Å². The van der Waals surface area contributed by atoms with Gasteiger partial charge in [-0.2, -0.15) is 0 Å². The molecule has 0 aromatic carbocycles. The number of nitrogens with one attached hydrogen (secondary N) is 1. The van der Waals surface area contributed by atoms with E-state index < -0.39 is 13.0 Å². The van der Waals surface area contributed by atoms with E-state index in [0.717, 1.165) is 11.1 Å².